The van der Waals surface area contributed by atoms with Gasteiger partial charge in [-0.05, 0) is 81.9 Å². The third-order valence-electron chi connectivity index (χ3n) is 4.74. The van der Waals surface area contributed by atoms with E-state index in [2.05, 4.69) is 68.7 Å². The first kappa shape index (κ1) is 19.7. The minimum absolute atomic E-state index is 0.393. The molecule has 0 unspecified atom stereocenters. The maximum Gasteiger partial charge on any atom is 0.0706 e. The third-order valence-corrected chi connectivity index (χ3v) is 4.74. The Labute approximate surface area is 157 Å². The van der Waals surface area contributed by atoms with Crippen LogP contribution in [0.4, 0.5) is 5.69 Å². The maximum atomic E-state index is 9.31. The largest absolute Gasteiger partial charge is 0.261 e. The molecule has 26 heavy (non-hydrogen) atoms. The van der Waals surface area contributed by atoms with Gasteiger partial charge in [0.1, 0.15) is 0 Å². The molecule has 0 aromatic heterocycles. The molecule has 0 heterocycles. The highest BCUT2D eigenvalue weighted by molar-refractivity contribution is 5.86. The summed E-state index contributed by atoms with van der Waals surface area (Å²) in [4.78, 5) is 4.58. The summed E-state index contributed by atoms with van der Waals surface area (Å²) in [5.41, 5.74) is 8.58. The molecular weight excluding hydrogens is 316 g/mol. The molecule has 0 saturated carbocycles. The topological polar surface area (TPSA) is 36.1 Å². The van der Waals surface area contributed by atoms with Crippen molar-refractivity contribution < 1.29 is 0 Å². The van der Waals surface area contributed by atoms with Gasteiger partial charge in [0.2, 0.25) is 0 Å². The van der Waals surface area contributed by atoms with Crippen LogP contribution in [0.5, 0.6) is 0 Å². The van der Waals surface area contributed by atoms with E-state index in [0.717, 1.165) is 22.4 Å². The lowest BCUT2D eigenvalue weighted by atomic mass is 9.85. The van der Waals surface area contributed by atoms with Gasteiger partial charge in [-0.3, -0.25) is 4.99 Å². The van der Waals surface area contributed by atoms with Crippen molar-refractivity contribution in [3.63, 3.8) is 0 Å². The first-order valence-corrected chi connectivity index (χ1v) is 8.99. The molecule has 2 aromatic rings. The lowest BCUT2D eigenvalue weighted by Gasteiger charge is -2.18. The molecule has 0 saturated heterocycles. The SMILES string of the molecule is C=C(c1ccc(CC(C)(C)C#N)cc1N=CC)c1cc(C)cc(C)c1C. The molecular formula is C24H28N2. The summed E-state index contributed by atoms with van der Waals surface area (Å²) in [6, 6.07) is 13.0. The van der Waals surface area contributed by atoms with Crippen LogP contribution < -0.4 is 0 Å². The lowest BCUT2D eigenvalue weighted by Crippen LogP contribution is -2.11. The van der Waals surface area contributed by atoms with Crippen molar-refractivity contribution in [2.75, 3.05) is 0 Å². The predicted octanol–water partition coefficient (Wildman–Crippen LogP) is 6.49. The van der Waals surface area contributed by atoms with Gasteiger partial charge in [-0.25, -0.2) is 0 Å². The molecule has 2 nitrogen and oxygen atoms in total. The Hall–Kier alpha value is -2.66. The Morgan fingerprint density at radius 1 is 1.15 bits per heavy atom. The molecule has 0 aliphatic rings. The lowest BCUT2D eigenvalue weighted by molar-refractivity contribution is 0.493. The van der Waals surface area contributed by atoms with Gasteiger partial charge in [0.15, 0.2) is 0 Å². The molecule has 2 rings (SSSR count). The summed E-state index contributed by atoms with van der Waals surface area (Å²) in [7, 11) is 0. The van der Waals surface area contributed by atoms with Gasteiger partial charge >= 0.3 is 0 Å². The number of nitriles is 1. The first-order valence-electron chi connectivity index (χ1n) is 8.99. The van der Waals surface area contributed by atoms with Crippen molar-refractivity contribution in [1.29, 1.82) is 5.26 Å². The summed E-state index contributed by atoms with van der Waals surface area (Å²) in [6.07, 6.45) is 2.50. The summed E-state index contributed by atoms with van der Waals surface area (Å²) in [5.74, 6) is 0. The van der Waals surface area contributed by atoms with Gasteiger partial charge in [-0.2, -0.15) is 5.26 Å². The monoisotopic (exact) mass is 344 g/mol. The van der Waals surface area contributed by atoms with E-state index in [4.69, 9.17) is 0 Å². The smallest absolute Gasteiger partial charge is 0.0706 e. The van der Waals surface area contributed by atoms with E-state index in [0.29, 0.717) is 6.42 Å². The Morgan fingerprint density at radius 3 is 2.46 bits per heavy atom. The number of hydrogen-bond acceptors (Lipinski definition) is 2. The van der Waals surface area contributed by atoms with E-state index in [-0.39, 0.29) is 0 Å². The fourth-order valence-corrected chi connectivity index (χ4v) is 3.24. The second-order valence-corrected chi connectivity index (χ2v) is 7.64. The highest BCUT2D eigenvalue weighted by Crippen LogP contribution is 2.35. The molecule has 134 valence electrons. The van der Waals surface area contributed by atoms with Crippen molar-refractivity contribution in [1.82, 2.24) is 0 Å². The molecule has 0 amide bonds. The van der Waals surface area contributed by atoms with Crippen LogP contribution >= 0.6 is 0 Å². The van der Waals surface area contributed by atoms with E-state index in [1.165, 1.54) is 22.3 Å². The highest BCUT2D eigenvalue weighted by Gasteiger charge is 2.19. The number of rotatable bonds is 5. The molecule has 0 fully saturated rings. The number of hydrogen-bond donors (Lipinski definition) is 0. The summed E-state index contributed by atoms with van der Waals surface area (Å²) >= 11 is 0. The van der Waals surface area contributed by atoms with Crippen molar-refractivity contribution >= 4 is 17.5 Å². The molecule has 0 spiro atoms. The fraction of sp³-hybridized carbons (Fsp3) is 0.333. The zero-order valence-electron chi connectivity index (χ0n) is 16.8. The predicted molar refractivity (Wildman–Crippen MR) is 112 cm³/mol. The molecule has 0 atom stereocenters. The van der Waals surface area contributed by atoms with E-state index >= 15 is 0 Å². The quantitative estimate of drug-likeness (QED) is 0.571. The van der Waals surface area contributed by atoms with Gasteiger partial charge in [0.05, 0.1) is 17.2 Å². The van der Waals surface area contributed by atoms with Crippen LogP contribution in [0.3, 0.4) is 0 Å². The van der Waals surface area contributed by atoms with Crippen LogP contribution in [-0.2, 0) is 6.42 Å². The van der Waals surface area contributed by atoms with Crippen LogP contribution in [0.25, 0.3) is 5.57 Å². The summed E-state index contributed by atoms with van der Waals surface area (Å²) in [6.45, 7) is 16.6. The minimum atomic E-state index is -0.393. The Morgan fingerprint density at radius 2 is 1.85 bits per heavy atom. The molecule has 0 N–H and O–H groups in total. The van der Waals surface area contributed by atoms with Crippen LogP contribution in [0, 0.1) is 37.5 Å². The maximum absolute atomic E-state index is 9.31. The van der Waals surface area contributed by atoms with E-state index in [1.807, 2.05) is 20.8 Å². The van der Waals surface area contributed by atoms with Crippen molar-refractivity contribution in [3.8, 4) is 6.07 Å². The third kappa shape index (κ3) is 4.29. The molecule has 0 radical (unpaired) electrons. The van der Waals surface area contributed by atoms with Crippen molar-refractivity contribution in [3.05, 3.63) is 70.3 Å². The van der Waals surface area contributed by atoms with Crippen molar-refractivity contribution in [2.45, 2.75) is 48.0 Å². The minimum Gasteiger partial charge on any atom is -0.261 e. The van der Waals surface area contributed by atoms with Gasteiger partial charge in [0, 0.05) is 11.8 Å². The Kier molecular flexibility index (Phi) is 5.83. The molecule has 2 heteroatoms. The van der Waals surface area contributed by atoms with Gasteiger partial charge in [0.25, 0.3) is 0 Å². The second-order valence-electron chi connectivity index (χ2n) is 7.64. The standard InChI is InChI=1S/C24H28N2/c1-8-26-23-13-20(14-24(6,7)15-25)9-10-21(23)19(5)22-12-16(2)11-17(3)18(22)4/h8-13H,5,14H2,1-4,6-7H3. The average molecular weight is 345 g/mol. The number of nitrogens with zero attached hydrogens (tertiary/aromatic N) is 2. The number of benzene rings is 2. The zero-order chi connectivity index (χ0) is 19.5. The van der Waals surface area contributed by atoms with E-state index in [9.17, 15) is 5.26 Å². The highest BCUT2D eigenvalue weighted by atomic mass is 14.7. The average Bonchev–Trinajstić information content (AvgIpc) is 2.58. The molecule has 0 aliphatic heterocycles. The van der Waals surface area contributed by atoms with Gasteiger partial charge < -0.3 is 0 Å². The Balaban J connectivity index is 2.53. The zero-order valence-corrected chi connectivity index (χ0v) is 16.8. The number of aliphatic imine (C=N–C) groups is 1. The normalized spacial score (nSPS) is 11.6. The van der Waals surface area contributed by atoms with Crippen molar-refractivity contribution in [2.24, 2.45) is 10.4 Å². The van der Waals surface area contributed by atoms with Crippen LogP contribution in [0.1, 0.15) is 54.2 Å². The summed E-state index contributed by atoms with van der Waals surface area (Å²) < 4.78 is 0. The van der Waals surface area contributed by atoms with Crippen LogP contribution in [0.15, 0.2) is 41.9 Å². The van der Waals surface area contributed by atoms with Crippen LogP contribution in [-0.4, -0.2) is 6.21 Å². The van der Waals surface area contributed by atoms with Crippen LogP contribution in [0.2, 0.25) is 0 Å². The van der Waals surface area contributed by atoms with E-state index in [1.54, 1.807) is 6.21 Å². The van der Waals surface area contributed by atoms with E-state index < -0.39 is 5.41 Å². The first-order chi connectivity index (χ1) is 12.2. The molecule has 0 aliphatic carbocycles. The fourth-order valence-electron chi connectivity index (χ4n) is 3.24. The number of aryl methyl sites for hydroxylation is 2. The Bertz CT molecular complexity index is 909. The molecule has 2 aromatic carbocycles. The second kappa shape index (κ2) is 7.70. The van der Waals surface area contributed by atoms with Gasteiger partial charge in [-0.15, -0.1) is 0 Å². The van der Waals surface area contributed by atoms with Gasteiger partial charge in [-0.1, -0.05) is 36.4 Å². The molecule has 0 bridgehead atoms. The summed E-state index contributed by atoms with van der Waals surface area (Å²) in [5, 5.41) is 9.31.